The second kappa shape index (κ2) is 5.26. The molecule has 0 unspecified atom stereocenters. The van der Waals surface area contributed by atoms with Crippen LogP contribution in [0, 0.1) is 0 Å². The van der Waals surface area contributed by atoms with E-state index in [1.54, 1.807) is 21.6 Å². The lowest BCUT2D eigenvalue weighted by Gasteiger charge is -2.16. The molecule has 0 aromatic heterocycles. The molecule has 0 aromatic carbocycles. The summed E-state index contributed by atoms with van der Waals surface area (Å²) in [5, 5.41) is 8.35. The van der Waals surface area contributed by atoms with Crippen molar-refractivity contribution in [3.05, 3.63) is 0 Å². The molecule has 1 aliphatic heterocycles. The molecule has 0 radical (unpaired) electrons. The van der Waals surface area contributed by atoms with E-state index in [-0.39, 0.29) is 0 Å². The highest BCUT2D eigenvalue weighted by Gasteiger charge is 2.27. The molecule has 0 aliphatic carbocycles. The molecule has 78 valence electrons. The number of carbonyl (C=O) groups is 3. The third-order valence-corrected chi connectivity index (χ3v) is 4.01. The Bertz CT molecular complexity index is 260. The summed E-state index contributed by atoms with van der Waals surface area (Å²) in [6.07, 6.45) is 0. The van der Waals surface area contributed by atoms with Gasteiger partial charge in [-0.25, -0.2) is 4.79 Å². The predicted octanol–water partition coefficient (Wildman–Crippen LogP) is -0.136. The zero-order chi connectivity index (χ0) is 10.6. The minimum atomic E-state index is -1.68. The van der Waals surface area contributed by atoms with E-state index >= 15 is 0 Å². The van der Waals surface area contributed by atoms with Gasteiger partial charge in [-0.2, -0.15) is 0 Å². The van der Waals surface area contributed by atoms with Crippen LogP contribution in [0.4, 0.5) is 0 Å². The lowest BCUT2D eigenvalue weighted by molar-refractivity contribution is -0.156. The van der Waals surface area contributed by atoms with Crippen molar-refractivity contribution in [2.45, 2.75) is 0 Å². The molecule has 1 heterocycles. The van der Waals surface area contributed by atoms with Crippen LogP contribution < -0.4 is 0 Å². The fourth-order valence-corrected chi connectivity index (χ4v) is 2.94. The molecule has 5 nitrogen and oxygen atoms in total. The number of carboxylic acid groups (broad SMARTS) is 1. The Morgan fingerprint density at radius 3 is 2.00 bits per heavy atom. The third kappa shape index (κ3) is 2.91. The van der Waals surface area contributed by atoms with Crippen LogP contribution in [0.15, 0.2) is 0 Å². The lowest BCUT2D eigenvalue weighted by atomic mass is 10.3. The van der Waals surface area contributed by atoms with Gasteiger partial charge in [-0.1, -0.05) is 21.6 Å². The smallest absolute Gasteiger partial charge is 0.382 e. The van der Waals surface area contributed by atoms with Crippen LogP contribution in [0.3, 0.4) is 0 Å². The first-order chi connectivity index (χ1) is 6.63. The van der Waals surface area contributed by atoms with Crippen molar-refractivity contribution < 1.29 is 19.5 Å². The summed E-state index contributed by atoms with van der Waals surface area (Å²) in [5.74, 6) is -2.48. The maximum atomic E-state index is 11.3. The fourth-order valence-electron chi connectivity index (χ4n) is 0.963. The molecule has 1 fully saturated rings. The number of nitrogens with zero attached hydrogens (tertiary/aromatic N) is 1. The van der Waals surface area contributed by atoms with Gasteiger partial charge in [-0.05, 0) is 0 Å². The summed E-state index contributed by atoms with van der Waals surface area (Å²) in [6, 6.07) is 0. The van der Waals surface area contributed by atoms with Gasteiger partial charge in [-0.15, -0.1) is 0 Å². The Kier molecular flexibility index (Phi) is 4.27. The first-order valence-electron chi connectivity index (χ1n) is 3.94. The quantitative estimate of drug-likeness (QED) is 0.408. The number of hydrogen-bond donors (Lipinski definition) is 1. The summed E-state index contributed by atoms with van der Waals surface area (Å²) in [4.78, 5) is 33.7. The summed E-state index contributed by atoms with van der Waals surface area (Å²) in [7, 11) is 3.24. The Labute approximate surface area is 88.6 Å². The third-order valence-electron chi connectivity index (χ3n) is 1.65. The zero-order valence-corrected chi connectivity index (χ0v) is 8.90. The molecule has 0 atom stereocenters. The van der Waals surface area contributed by atoms with Crippen molar-refractivity contribution in [2.24, 2.45) is 0 Å². The molecule has 0 spiro atoms. The minimum Gasteiger partial charge on any atom is -0.475 e. The monoisotopic (exact) mass is 235 g/mol. The molecule has 1 amide bonds. The van der Waals surface area contributed by atoms with Crippen LogP contribution in [-0.4, -0.2) is 52.3 Å². The number of Topliss-reactive ketones (excluding diaryl/α,β-unsaturated/α-hetero) is 1. The molecule has 0 saturated carbocycles. The van der Waals surface area contributed by atoms with Crippen molar-refractivity contribution >= 4 is 39.2 Å². The Morgan fingerprint density at radius 2 is 1.57 bits per heavy atom. The summed E-state index contributed by atoms with van der Waals surface area (Å²) in [5.41, 5.74) is 0. The molecule has 1 aliphatic rings. The van der Waals surface area contributed by atoms with Crippen molar-refractivity contribution in [2.75, 3.05) is 24.6 Å². The highest BCUT2D eigenvalue weighted by atomic mass is 33.1. The van der Waals surface area contributed by atoms with Gasteiger partial charge in [0.25, 0.3) is 0 Å². The van der Waals surface area contributed by atoms with Crippen molar-refractivity contribution in [1.29, 1.82) is 0 Å². The van der Waals surface area contributed by atoms with Crippen LogP contribution in [0.5, 0.6) is 0 Å². The topological polar surface area (TPSA) is 74.7 Å². The van der Waals surface area contributed by atoms with Crippen molar-refractivity contribution in [3.63, 3.8) is 0 Å². The second-order valence-corrected chi connectivity index (χ2v) is 5.27. The van der Waals surface area contributed by atoms with E-state index in [1.807, 2.05) is 0 Å². The largest absolute Gasteiger partial charge is 0.475 e. The zero-order valence-electron chi connectivity index (χ0n) is 7.26. The van der Waals surface area contributed by atoms with Gasteiger partial charge in [0.1, 0.15) is 0 Å². The molecule has 0 aromatic rings. The first kappa shape index (κ1) is 11.4. The Hall–Kier alpha value is -0.690. The summed E-state index contributed by atoms with van der Waals surface area (Å²) >= 11 is 0. The van der Waals surface area contributed by atoms with Crippen LogP contribution >= 0.6 is 21.6 Å². The fraction of sp³-hybridized carbons (Fsp3) is 0.571. The molecular weight excluding hydrogens is 226 g/mol. The summed E-state index contributed by atoms with van der Waals surface area (Å²) in [6.45, 7) is 0.880. The van der Waals surface area contributed by atoms with Crippen molar-refractivity contribution in [3.8, 4) is 0 Å². The standard InChI is InChI=1S/C7H9NO4S2/c9-5(7(11)12)6(10)8-1-3-13-14-4-2-8/h1-4H2,(H,11,12). The second-order valence-electron chi connectivity index (χ2n) is 2.57. The van der Waals surface area contributed by atoms with Crippen LogP contribution in [0.25, 0.3) is 0 Å². The van der Waals surface area contributed by atoms with E-state index in [9.17, 15) is 14.4 Å². The van der Waals surface area contributed by atoms with Crippen LogP contribution in [0.2, 0.25) is 0 Å². The number of carboxylic acids is 1. The van der Waals surface area contributed by atoms with Gasteiger partial charge in [0.05, 0.1) is 0 Å². The van der Waals surface area contributed by atoms with E-state index < -0.39 is 17.7 Å². The normalized spacial score (nSPS) is 17.3. The number of aliphatic carboxylic acids is 1. The number of carbonyl (C=O) groups excluding carboxylic acids is 2. The van der Waals surface area contributed by atoms with Gasteiger partial charge in [0.2, 0.25) is 0 Å². The predicted molar refractivity (Wildman–Crippen MR) is 54.1 cm³/mol. The molecule has 1 saturated heterocycles. The van der Waals surface area contributed by atoms with Gasteiger partial charge in [-0.3, -0.25) is 9.59 Å². The number of hydrogen-bond acceptors (Lipinski definition) is 5. The van der Waals surface area contributed by atoms with E-state index in [2.05, 4.69) is 0 Å². The van der Waals surface area contributed by atoms with Gasteiger partial charge < -0.3 is 10.0 Å². The molecule has 1 N–H and O–H groups in total. The molecular formula is C7H9NO4S2. The maximum absolute atomic E-state index is 11.3. The SMILES string of the molecule is O=C(O)C(=O)C(=O)N1CCSSCC1. The average molecular weight is 235 g/mol. The van der Waals surface area contributed by atoms with E-state index in [4.69, 9.17) is 5.11 Å². The molecule has 1 rings (SSSR count). The first-order valence-corrected chi connectivity index (χ1v) is 6.42. The van der Waals surface area contributed by atoms with E-state index in [1.165, 1.54) is 4.90 Å². The Balaban J connectivity index is 2.58. The van der Waals surface area contributed by atoms with Gasteiger partial charge in [0, 0.05) is 24.6 Å². The Morgan fingerprint density at radius 1 is 1.07 bits per heavy atom. The molecule has 14 heavy (non-hydrogen) atoms. The van der Waals surface area contributed by atoms with Crippen molar-refractivity contribution in [1.82, 2.24) is 4.90 Å². The molecule has 7 heteroatoms. The number of amides is 1. The minimum absolute atomic E-state index is 0.440. The molecule has 0 bridgehead atoms. The van der Waals surface area contributed by atoms with Gasteiger partial charge >= 0.3 is 17.7 Å². The van der Waals surface area contributed by atoms with Crippen LogP contribution in [0.1, 0.15) is 0 Å². The number of ketones is 1. The van der Waals surface area contributed by atoms with E-state index in [0.29, 0.717) is 13.1 Å². The highest BCUT2D eigenvalue weighted by Crippen LogP contribution is 2.23. The maximum Gasteiger partial charge on any atom is 0.382 e. The average Bonchev–Trinajstić information content (AvgIpc) is 2.43. The number of rotatable bonds is 2. The van der Waals surface area contributed by atoms with E-state index in [0.717, 1.165) is 11.5 Å². The lowest BCUT2D eigenvalue weighted by Crippen LogP contribution is -2.41. The van der Waals surface area contributed by atoms with Gasteiger partial charge in [0.15, 0.2) is 0 Å². The highest BCUT2D eigenvalue weighted by molar-refractivity contribution is 8.76. The summed E-state index contributed by atoms with van der Waals surface area (Å²) < 4.78 is 0. The van der Waals surface area contributed by atoms with Crippen LogP contribution in [-0.2, 0) is 14.4 Å².